The van der Waals surface area contributed by atoms with Crippen molar-refractivity contribution < 1.29 is 13.3 Å². The van der Waals surface area contributed by atoms with Crippen molar-refractivity contribution in [3.05, 3.63) is 0 Å². The molecule has 0 unspecified atom stereocenters. The van der Waals surface area contributed by atoms with Gasteiger partial charge in [-0.1, -0.05) is 13.3 Å². The summed E-state index contributed by atoms with van der Waals surface area (Å²) in [4.78, 5) is 4.65. The van der Waals surface area contributed by atoms with Crippen LogP contribution in [0.1, 0.15) is 13.3 Å². The van der Waals surface area contributed by atoms with Crippen molar-refractivity contribution in [2.45, 2.75) is 19.4 Å². The molecule has 0 aliphatic carbocycles. The zero-order valence-corrected chi connectivity index (χ0v) is 12.6. The van der Waals surface area contributed by atoms with Gasteiger partial charge in [-0.05, 0) is 7.05 Å². The van der Waals surface area contributed by atoms with Crippen molar-refractivity contribution in [1.29, 1.82) is 0 Å². The highest BCUT2D eigenvalue weighted by atomic mass is 28.4. The minimum Gasteiger partial charge on any atom is -0.377 e. The Morgan fingerprint density at radius 3 is 2.12 bits per heavy atom. The van der Waals surface area contributed by atoms with Crippen LogP contribution in [0.25, 0.3) is 0 Å². The molecule has 1 fully saturated rings. The van der Waals surface area contributed by atoms with Crippen LogP contribution in [0.3, 0.4) is 0 Å². The second-order valence-corrected chi connectivity index (χ2v) is 7.51. The van der Waals surface area contributed by atoms with Gasteiger partial charge >= 0.3 is 8.80 Å². The first kappa shape index (κ1) is 15.1. The molecule has 1 aliphatic rings. The molecule has 0 spiro atoms. The Bertz CT molecular complexity index is 207. The Labute approximate surface area is 106 Å². The number of hydrogen-bond donors (Lipinski definition) is 0. The molecule has 0 amide bonds. The third kappa shape index (κ3) is 4.65. The van der Waals surface area contributed by atoms with E-state index in [0.29, 0.717) is 6.73 Å². The molecule has 0 N–H and O–H groups in total. The van der Waals surface area contributed by atoms with Gasteiger partial charge in [0.05, 0.1) is 6.73 Å². The summed E-state index contributed by atoms with van der Waals surface area (Å²) in [5, 5.41) is 0. The Balaban J connectivity index is 2.35. The van der Waals surface area contributed by atoms with Gasteiger partial charge in [-0.3, -0.25) is 4.90 Å². The van der Waals surface area contributed by atoms with Gasteiger partial charge in [-0.2, -0.15) is 0 Å². The van der Waals surface area contributed by atoms with Crippen LogP contribution < -0.4 is 0 Å². The van der Waals surface area contributed by atoms with Crippen molar-refractivity contribution in [3.8, 4) is 0 Å². The van der Waals surface area contributed by atoms with Gasteiger partial charge in [0.15, 0.2) is 0 Å². The van der Waals surface area contributed by atoms with E-state index in [2.05, 4.69) is 23.8 Å². The van der Waals surface area contributed by atoms with Gasteiger partial charge in [0.2, 0.25) is 0 Å². The van der Waals surface area contributed by atoms with Crippen LogP contribution in [0.15, 0.2) is 0 Å². The predicted octanol–water partition coefficient (Wildman–Crippen LogP) is 0.850. The number of hydrogen-bond acceptors (Lipinski definition) is 5. The van der Waals surface area contributed by atoms with Crippen molar-refractivity contribution in [3.63, 3.8) is 0 Å². The topological polar surface area (TPSA) is 34.2 Å². The van der Waals surface area contributed by atoms with E-state index in [1.807, 2.05) is 0 Å². The maximum absolute atomic E-state index is 5.95. The molecule has 0 atom stereocenters. The summed E-state index contributed by atoms with van der Waals surface area (Å²) < 4.78 is 16.9. The van der Waals surface area contributed by atoms with E-state index in [1.165, 1.54) is 0 Å². The van der Waals surface area contributed by atoms with Gasteiger partial charge in [0, 0.05) is 46.4 Å². The Kier molecular flexibility index (Phi) is 6.61. The minimum atomic E-state index is -2.40. The molecule has 102 valence electrons. The lowest BCUT2D eigenvalue weighted by molar-refractivity contribution is 0.0182. The maximum atomic E-state index is 5.95. The monoisotopic (exact) mass is 262 g/mol. The van der Waals surface area contributed by atoms with Crippen LogP contribution in [-0.4, -0.2) is 72.8 Å². The van der Waals surface area contributed by atoms with Crippen molar-refractivity contribution in [1.82, 2.24) is 9.80 Å². The van der Waals surface area contributed by atoms with E-state index in [1.54, 1.807) is 14.2 Å². The molecule has 1 saturated heterocycles. The molecule has 1 aliphatic heterocycles. The second kappa shape index (κ2) is 7.45. The third-order valence-corrected chi connectivity index (χ3v) is 6.17. The first-order valence-electron chi connectivity index (χ1n) is 6.31. The fraction of sp³-hybridized carbons (Fsp3) is 1.00. The second-order valence-electron chi connectivity index (χ2n) is 4.54. The van der Waals surface area contributed by atoms with Crippen LogP contribution in [0.5, 0.6) is 0 Å². The van der Waals surface area contributed by atoms with Crippen molar-refractivity contribution in [2.24, 2.45) is 0 Å². The summed E-state index contributed by atoms with van der Waals surface area (Å²) in [5.41, 5.74) is 0. The first-order valence-corrected chi connectivity index (χ1v) is 8.24. The van der Waals surface area contributed by atoms with E-state index < -0.39 is 8.80 Å². The molecule has 17 heavy (non-hydrogen) atoms. The molecule has 1 heterocycles. The van der Waals surface area contributed by atoms with E-state index in [-0.39, 0.29) is 0 Å². The molecular weight excluding hydrogens is 236 g/mol. The lowest BCUT2D eigenvalue weighted by Crippen LogP contribution is -2.50. The highest BCUT2D eigenvalue weighted by Gasteiger charge is 2.38. The summed E-state index contributed by atoms with van der Waals surface area (Å²) >= 11 is 0. The molecular formula is C11H26N2O3Si. The first-order chi connectivity index (χ1) is 8.15. The third-order valence-electron chi connectivity index (χ3n) is 3.24. The molecule has 0 radical (unpaired) electrons. The predicted molar refractivity (Wildman–Crippen MR) is 69.9 cm³/mol. The molecule has 0 aromatic carbocycles. The maximum Gasteiger partial charge on any atom is 0.501 e. The summed E-state index contributed by atoms with van der Waals surface area (Å²) in [6, 6.07) is 0.883. The smallest absolute Gasteiger partial charge is 0.377 e. The normalized spacial score (nSPS) is 19.8. The van der Waals surface area contributed by atoms with E-state index in [0.717, 1.165) is 38.6 Å². The van der Waals surface area contributed by atoms with Gasteiger partial charge in [-0.15, -0.1) is 0 Å². The van der Waals surface area contributed by atoms with E-state index in [4.69, 9.17) is 13.3 Å². The number of likely N-dealkylation sites (N-methyl/N-ethyl adjacent to an activating group) is 1. The lowest BCUT2D eigenvalue weighted by atomic mass is 10.3. The number of rotatable bonds is 7. The minimum absolute atomic E-state index is 0.627. The van der Waals surface area contributed by atoms with Crippen molar-refractivity contribution in [2.75, 3.05) is 54.2 Å². The van der Waals surface area contributed by atoms with E-state index in [9.17, 15) is 0 Å². The van der Waals surface area contributed by atoms with Crippen LogP contribution >= 0.6 is 0 Å². The van der Waals surface area contributed by atoms with Crippen molar-refractivity contribution >= 4 is 8.80 Å². The fourth-order valence-electron chi connectivity index (χ4n) is 1.95. The van der Waals surface area contributed by atoms with Gasteiger partial charge < -0.3 is 18.2 Å². The lowest BCUT2D eigenvalue weighted by Gasteiger charge is -2.34. The van der Waals surface area contributed by atoms with Crippen LogP contribution in [0, 0.1) is 0 Å². The summed E-state index contributed by atoms with van der Waals surface area (Å²) in [6.07, 6.45) is 1.02. The highest BCUT2D eigenvalue weighted by molar-refractivity contribution is 6.60. The SMILES string of the molecule is CCC[Si](OC)(OC)OCN1CCN(C)CC1. The summed E-state index contributed by atoms with van der Waals surface area (Å²) in [5.74, 6) is 0. The Morgan fingerprint density at radius 2 is 1.65 bits per heavy atom. The zero-order chi connectivity index (χ0) is 12.7. The largest absolute Gasteiger partial charge is 0.501 e. The molecule has 6 heteroatoms. The number of nitrogens with zero attached hydrogens (tertiary/aromatic N) is 2. The van der Waals surface area contributed by atoms with Gasteiger partial charge in [0.25, 0.3) is 0 Å². The van der Waals surface area contributed by atoms with Crippen LogP contribution in [0.2, 0.25) is 6.04 Å². The zero-order valence-electron chi connectivity index (χ0n) is 11.6. The molecule has 5 nitrogen and oxygen atoms in total. The summed E-state index contributed by atoms with van der Waals surface area (Å²) in [6.45, 7) is 7.07. The standard InChI is InChI=1S/C11H26N2O3Si/c1-5-10-17(14-3,15-4)16-11-13-8-6-12(2)7-9-13/h5-11H2,1-4H3. The van der Waals surface area contributed by atoms with E-state index >= 15 is 0 Å². The summed E-state index contributed by atoms with van der Waals surface area (Å²) in [7, 11) is 3.13. The average molecular weight is 262 g/mol. The van der Waals surface area contributed by atoms with Gasteiger partial charge in [-0.25, -0.2) is 0 Å². The molecule has 0 saturated carbocycles. The fourth-order valence-corrected chi connectivity index (χ4v) is 3.90. The molecule has 0 aromatic heterocycles. The van der Waals surface area contributed by atoms with Gasteiger partial charge in [0.1, 0.15) is 0 Å². The van der Waals surface area contributed by atoms with Crippen LogP contribution in [0.4, 0.5) is 0 Å². The molecule has 0 aromatic rings. The number of piperazine rings is 1. The van der Waals surface area contributed by atoms with Crippen LogP contribution in [-0.2, 0) is 13.3 Å². The molecule has 1 rings (SSSR count). The Morgan fingerprint density at radius 1 is 1.06 bits per heavy atom. The highest BCUT2D eigenvalue weighted by Crippen LogP contribution is 2.16. The molecule has 0 bridgehead atoms. The average Bonchev–Trinajstić information content (AvgIpc) is 2.36. The Hall–Kier alpha value is 0.0169. The quantitative estimate of drug-likeness (QED) is 0.636.